The van der Waals surface area contributed by atoms with Crippen LogP contribution in [0.15, 0.2) is 182 Å². The first-order valence-corrected chi connectivity index (χ1v) is 18.8. The molecule has 0 aliphatic rings. The van der Waals surface area contributed by atoms with Crippen molar-refractivity contribution >= 4 is 71.5 Å². The van der Waals surface area contributed by atoms with Crippen molar-refractivity contribution in [3.63, 3.8) is 0 Å². The Morgan fingerprint density at radius 2 is 0.946 bits per heavy atom. The summed E-state index contributed by atoms with van der Waals surface area (Å²) >= 11 is 0. The summed E-state index contributed by atoms with van der Waals surface area (Å²) in [7, 11) is 0. The maximum Gasteiger partial charge on any atom is 0.220 e. The predicted molar refractivity (Wildman–Crippen MR) is 228 cm³/mol. The number of rotatable bonds is 4. The molecule has 260 valence electrons. The lowest BCUT2D eigenvalue weighted by atomic mass is 9.99. The summed E-state index contributed by atoms with van der Waals surface area (Å²) in [6.45, 7) is 0. The van der Waals surface area contributed by atoms with Crippen LogP contribution in [-0.2, 0) is 0 Å². The fourth-order valence-electron chi connectivity index (χ4n) is 9.06. The summed E-state index contributed by atoms with van der Waals surface area (Å²) < 4.78 is 9.23. The van der Waals surface area contributed by atoms with E-state index in [4.69, 9.17) is 4.98 Å². The van der Waals surface area contributed by atoms with E-state index in [-0.39, 0.29) is 0 Å². The summed E-state index contributed by atoms with van der Waals surface area (Å²) in [5, 5.41) is 15.1. The van der Waals surface area contributed by atoms with Gasteiger partial charge in [0.15, 0.2) is 0 Å². The summed E-state index contributed by atoms with van der Waals surface area (Å²) in [6.07, 6.45) is 0. The molecule has 8 aromatic carbocycles. The van der Waals surface area contributed by atoms with Crippen LogP contribution in [0.25, 0.3) is 99.6 Å². The third-order valence-electron chi connectivity index (χ3n) is 11.4. The summed E-state index contributed by atoms with van der Waals surface area (Å²) in [5.74, 6) is 0.851. The monoisotopic (exact) mass is 714 g/mol. The fourth-order valence-corrected chi connectivity index (χ4v) is 9.06. The minimum atomic E-state index is 0.599. The van der Waals surface area contributed by atoms with Gasteiger partial charge in [-0.1, -0.05) is 103 Å². The van der Waals surface area contributed by atoms with Gasteiger partial charge in [0.05, 0.1) is 67.1 Å². The molecule has 0 radical (unpaired) electrons. The van der Waals surface area contributed by atoms with E-state index in [1.54, 1.807) is 0 Å². The number of hydrogen-bond acceptors (Lipinski definition) is 2. The number of benzene rings is 8. The molecule has 12 aromatic rings. The molecule has 4 heterocycles. The van der Waals surface area contributed by atoms with Gasteiger partial charge in [-0.25, -0.2) is 4.98 Å². The van der Waals surface area contributed by atoms with Gasteiger partial charge >= 0.3 is 0 Å². The van der Waals surface area contributed by atoms with E-state index in [1.807, 2.05) is 18.2 Å². The SMILES string of the molecule is N#Cc1ccc(-c2ccccc2-n2c3ccccc3n3c4ccccc4nc23)c(-n2c3ccccc3c3cc(-n4c5ccccc5c5ccccc54)ccc32)c1. The van der Waals surface area contributed by atoms with Crippen molar-refractivity contribution in [2.45, 2.75) is 0 Å². The normalized spacial score (nSPS) is 11.9. The second-order valence-electron chi connectivity index (χ2n) is 14.3. The van der Waals surface area contributed by atoms with E-state index in [9.17, 15) is 5.26 Å². The van der Waals surface area contributed by atoms with Crippen LogP contribution in [0.5, 0.6) is 0 Å². The predicted octanol–water partition coefficient (Wildman–Crippen LogP) is 12.2. The van der Waals surface area contributed by atoms with Gasteiger partial charge in [0.1, 0.15) is 0 Å². The highest BCUT2D eigenvalue weighted by molar-refractivity contribution is 6.12. The largest absolute Gasteiger partial charge is 0.309 e. The average Bonchev–Trinajstić information content (AvgIpc) is 3.99. The Kier molecular flexibility index (Phi) is 6.31. The number of para-hydroxylation sites is 8. The molecule has 0 N–H and O–H groups in total. The van der Waals surface area contributed by atoms with Gasteiger partial charge in [-0.05, 0) is 78.9 Å². The number of imidazole rings is 2. The first-order chi connectivity index (χ1) is 27.8. The van der Waals surface area contributed by atoms with E-state index in [2.05, 4.69) is 188 Å². The van der Waals surface area contributed by atoms with Crippen LogP contribution in [0.1, 0.15) is 5.56 Å². The van der Waals surface area contributed by atoms with Crippen molar-refractivity contribution < 1.29 is 0 Å². The van der Waals surface area contributed by atoms with E-state index < -0.39 is 0 Å². The molecule has 0 aliphatic heterocycles. The Balaban J connectivity index is 1.14. The highest BCUT2D eigenvalue weighted by Gasteiger charge is 2.23. The lowest BCUT2D eigenvalue weighted by molar-refractivity contribution is 1.11. The molecule has 0 saturated heterocycles. The summed E-state index contributed by atoms with van der Waals surface area (Å²) in [5.41, 5.74) is 14.4. The summed E-state index contributed by atoms with van der Waals surface area (Å²) in [4.78, 5) is 5.19. The molecule has 56 heavy (non-hydrogen) atoms. The van der Waals surface area contributed by atoms with E-state index in [0.717, 1.165) is 77.8 Å². The number of aromatic nitrogens is 5. The molecule has 0 aliphatic carbocycles. The van der Waals surface area contributed by atoms with Crippen molar-refractivity contribution in [1.82, 2.24) is 23.1 Å². The summed E-state index contributed by atoms with van der Waals surface area (Å²) in [6, 6.07) is 66.5. The minimum absolute atomic E-state index is 0.599. The first kappa shape index (κ1) is 30.6. The zero-order valence-electron chi connectivity index (χ0n) is 30.0. The molecule has 0 amide bonds. The van der Waals surface area contributed by atoms with Crippen LogP contribution >= 0.6 is 0 Å². The highest BCUT2D eigenvalue weighted by atomic mass is 15.2. The Bertz CT molecular complexity index is 3570. The van der Waals surface area contributed by atoms with E-state index >= 15 is 0 Å². The quantitative estimate of drug-likeness (QED) is 0.182. The molecule has 0 saturated carbocycles. The molecule has 0 spiro atoms. The Labute approximate surface area is 320 Å². The fraction of sp³-hybridized carbons (Fsp3) is 0. The number of nitrogens with zero attached hydrogens (tertiary/aromatic N) is 6. The van der Waals surface area contributed by atoms with E-state index in [1.165, 1.54) is 21.8 Å². The third-order valence-corrected chi connectivity index (χ3v) is 11.4. The molecular formula is C50H30N6. The number of hydrogen-bond donors (Lipinski definition) is 0. The molecule has 6 heteroatoms. The van der Waals surface area contributed by atoms with Crippen LogP contribution in [0.3, 0.4) is 0 Å². The number of nitriles is 1. The van der Waals surface area contributed by atoms with Crippen molar-refractivity contribution in [2.24, 2.45) is 0 Å². The van der Waals surface area contributed by atoms with Gasteiger partial charge in [0, 0.05) is 38.4 Å². The first-order valence-electron chi connectivity index (χ1n) is 18.8. The van der Waals surface area contributed by atoms with Crippen molar-refractivity contribution in [3.8, 4) is 34.3 Å². The second kappa shape index (κ2) is 11.6. The van der Waals surface area contributed by atoms with Gasteiger partial charge < -0.3 is 9.13 Å². The van der Waals surface area contributed by atoms with Gasteiger partial charge in [0.25, 0.3) is 0 Å². The van der Waals surface area contributed by atoms with Crippen LogP contribution in [-0.4, -0.2) is 23.1 Å². The Morgan fingerprint density at radius 1 is 0.393 bits per heavy atom. The van der Waals surface area contributed by atoms with Crippen LogP contribution in [0.2, 0.25) is 0 Å². The Morgan fingerprint density at radius 3 is 1.68 bits per heavy atom. The second-order valence-corrected chi connectivity index (χ2v) is 14.3. The molecule has 0 fully saturated rings. The molecular weight excluding hydrogens is 685 g/mol. The van der Waals surface area contributed by atoms with Crippen molar-refractivity contribution in [2.75, 3.05) is 0 Å². The minimum Gasteiger partial charge on any atom is -0.309 e. The van der Waals surface area contributed by atoms with Gasteiger partial charge in [0.2, 0.25) is 5.78 Å². The molecule has 4 aromatic heterocycles. The Hall–Kier alpha value is -7.88. The standard InChI is InChI=1S/C50H30N6/c51-31-32-25-27-38(36-15-3-9-21-44(36)55-47-23-11-12-24-48(47)56-46-22-10-5-17-40(46)52-50(55)56)49(29-32)54-43-20-8-4-16-37(43)39-30-33(26-28-45(39)54)53-41-18-6-1-13-34(41)35-14-2-7-19-42(35)53/h1-30H. The molecule has 0 bridgehead atoms. The zero-order valence-corrected chi connectivity index (χ0v) is 30.0. The van der Waals surface area contributed by atoms with Crippen molar-refractivity contribution in [3.05, 3.63) is 188 Å². The van der Waals surface area contributed by atoms with Gasteiger partial charge in [-0.2, -0.15) is 5.26 Å². The maximum atomic E-state index is 10.3. The third kappa shape index (κ3) is 4.17. The van der Waals surface area contributed by atoms with Gasteiger partial charge in [-0.15, -0.1) is 0 Å². The molecule has 12 rings (SSSR count). The van der Waals surface area contributed by atoms with E-state index in [0.29, 0.717) is 5.56 Å². The van der Waals surface area contributed by atoms with Crippen molar-refractivity contribution in [1.29, 1.82) is 5.26 Å². The lowest BCUT2D eigenvalue weighted by Gasteiger charge is -2.18. The average molecular weight is 715 g/mol. The van der Waals surface area contributed by atoms with Crippen LogP contribution in [0.4, 0.5) is 0 Å². The van der Waals surface area contributed by atoms with Crippen LogP contribution < -0.4 is 0 Å². The highest BCUT2D eigenvalue weighted by Crippen LogP contribution is 2.41. The molecule has 0 atom stereocenters. The lowest BCUT2D eigenvalue weighted by Crippen LogP contribution is -2.02. The topological polar surface area (TPSA) is 55.9 Å². The molecule has 6 nitrogen and oxygen atoms in total. The smallest absolute Gasteiger partial charge is 0.220 e. The molecule has 0 unspecified atom stereocenters. The van der Waals surface area contributed by atoms with Gasteiger partial charge in [-0.3, -0.25) is 8.97 Å². The zero-order chi connectivity index (χ0) is 36.9. The number of fused-ring (bicyclic) bond motifs is 11. The maximum absolute atomic E-state index is 10.3. The van der Waals surface area contributed by atoms with Crippen LogP contribution in [0, 0.1) is 11.3 Å².